The van der Waals surface area contributed by atoms with Crippen molar-refractivity contribution >= 4 is 0 Å². The largest absolute Gasteiger partial charge is 0.369 e. The molecule has 7 heteroatoms. The number of aromatic nitrogens is 6. The molecule has 0 saturated carbocycles. The molecule has 0 radical (unpaired) electrons. The van der Waals surface area contributed by atoms with Crippen LogP contribution in [0.5, 0.6) is 0 Å². The van der Waals surface area contributed by atoms with Crippen LogP contribution in [-0.2, 0) is 31.0 Å². The Morgan fingerprint density at radius 3 is 1.52 bits per heavy atom. The molecule has 0 unspecified atom stereocenters. The van der Waals surface area contributed by atoms with Crippen molar-refractivity contribution < 1.29 is 4.74 Å². The molecule has 2 aromatic heterocycles. The lowest BCUT2D eigenvalue weighted by Crippen LogP contribution is -2.00. The minimum Gasteiger partial charge on any atom is -0.369 e. The average molecular weight is 360 g/mol. The number of hydrogen-bond acceptors (Lipinski definition) is 5. The van der Waals surface area contributed by atoms with Crippen LogP contribution in [0.1, 0.15) is 22.5 Å². The first-order valence-electron chi connectivity index (χ1n) is 8.79. The van der Waals surface area contributed by atoms with Crippen molar-refractivity contribution in [2.75, 3.05) is 0 Å². The van der Waals surface area contributed by atoms with Crippen molar-refractivity contribution in [2.45, 2.75) is 26.3 Å². The fourth-order valence-electron chi connectivity index (χ4n) is 2.77. The average Bonchev–Trinajstić information content (AvgIpc) is 3.33. The summed E-state index contributed by atoms with van der Waals surface area (Å²) in [5.41, 5.74) is 3.96. The third-order valence-electron chi connectivity index (χ3n) is 4.05. The summed E-state index contributed by atoms with van der Waals surface area (Å²) in [5, 5.41) is 16.6. The molecule has 0 bridgehead atoms. The van der Waals surface area contributed by atoms with Crippen molar-refractivity contribution in [3.8, 4) is 0 Å². The number of hydrogen-bond donors (Lipinski definition) is 0. The molecule has 27 heavy (non-hydrogen) atoms. The summed E-state index contributed by atoms with van der Waals surface area (Å²) in [4.78, 5) is 0. The SMILES string of the molecule is c1ccc(Cn2cc(COCc3cn(Cc4ccccc4)nn3)nn2)cc1. The van der Waals surface area contributed by atoms with Gasteiger partial charge in [0.05, 0.1) is 38.7 Å². The third-order valence-corrected chi connectivity index (χ3v) is 4.05. The van der Waals surface area contributed by atoms with Crippen LogP contribution in [0.25, 0.3) is 0 Å². The molecule has 0 amide bonds. The minimum atomic E-state index is 0.389. The summed E-state index contributed by atoms with van der Waals surface area (Å²) in [6.07, 6.45) is 3.80. The Labute approximate surface area is 157 Å². The Morgan fingerprint density at radius 2 is 1.07 bits per heavy atom. The molecule has 0 aliphatic rings. The highest BCUT2D eigenvalue weighted by Gasteiger charge is 2.05. The van der Waals surface area contributed by atoms with Gasteiger partial charge in [0.15, 0.2) is 0 Å². The molecule has 4 aromatic rings. The molecular weight excluding hydrogens is 340 g/mol. The summed E-state index contributed by atoms with van der Waals surface area (Å²) < 4.78 is 9.32. The summed E-state index contributed by atoms with van der Waals surface area (Å²) in [6, 6.07) is 20.3. The van der Waals surface area contributed by atoms with Gasteiger partial charge in [-0.15, -0.1) is 10.2 Å². The molecule has 0 N–H and O–H groups in total. The molecule has 136 valence electrons. The Bertz CT molecular complexity index is 885. The van der Waals surface area contributed by atoms with E-state index in [1.54, 1.807) is 0 Å². The lowest BCUT2D eigenvalue weighted by atomic mass is 10.2. The molecule has 0 fully saturated rings. The molecule has 7 nitrogen and oxygen atoms in total. The summed E-state index contributed by atoms with van der Waals surface area (Å²) in [6.45, 7) is 2.17. The lowest BCUT2D eigenvalue weighted by Gasteiger charge is -2.00. The highest BCUT2D eigenvalue weighted by Crippen LogP contribution is 2.06. The van der Waals surface area contributed by atoms with Crippen molar-refractivity contribution in [3.05, 3.63) is 95.6 Å². The molecule has 0 aliphatic carbocycles. The van der Waals surface area contributed by atoms with Gasteiger partial charge in [-0.25, -0.2) is 9.36 Å². The van der Waals surface area contributed by atoms with Crippen molar-refractivity contribution in [1.29, 1.82) is 0 Å². The molecule has 0 saturated heterocycles. The highest BCUT2D eigenvalue weighted by atomic mass is 16.5. The fraction of sp³-hybridized carbons (Fsp3) is 0.200. The van der Waals surface area contributed by atoms with Gasteiger partial charge in [-0.05, 0) is 11.1 Å². The van der Waals surface area contributed by atoms with E-state index in [4.69, 9.17) is 4.74 Å². The van der Waals surface area contributed by atoms with Gasteiger partial charge in [0, 0.05) is 0 Å². The van der Waals surface area contributed by atoms with Crippen LogP contribution in [0.4, 0.5) is 0 Å². The monoisotopic (exact) mass is 360 g/mol. The maximum atomic E-state index is 5.70. The number of benzene rings is 2. The summed E-state index contributed by atoms with van der Waals surface area (Å²) in [7, 11) is 0. The first-order valence-corrected chi connectivity index (χ1v) is 8.79. The second kappa shape index (κ2) is 8.37. The van der Waals surface area contributed by atoms with Gasteiger partial charge in [0.1, 0.15) is 11.4 Å². The van der Waals surface area contributed by atoms with E-state index in [2.05, 4.69) is 44.9 Å². The Hall–Kier alpha value is -3.32. The molecular formula is C20H20N6O. The van der Waals surface area contributed by atoms with Crippen LogP contribution in [0, 0.1) is 0 Å². The first-order chi connectivity index (χ1) is 13.3. The molecule has 0 aliphatic heterocycles. The standard InChI is InChI=1S/C20H20N6O/c1-3-7-17(8-4-1)11-25-13-19(21-23-25)15-27-16-20-14-26(24-22-20)12-18-9-5-2-6-10-18/h1-10,13-14H,11-12,15-16H2. The molecule has 2 heterocycles. The smallest absolute Gasteiger partial charge is 0.108 e. The highest BCUT2D eigenvalue weighted by molar-refractivity contribution is 5.15. The Balaban J connectivity index is 1.25. The van der Waals surface area contributed by atoms with E-state index in [9.17, 15) is 0 Å². The van der Waals surface area contributed by atoms with Crippen LogP contribution >= 0.6 is 0 Å². The number of nitrogens with zero attached hydrogens (tertiary/aromatic N) is 6. The van der Waals surface area contributed by atoms with Crippen LogP contribution in [-0.4, -0.2) is 30.0 Å². The normalized spacial score (nSPS) is 11.0. The van der Waals surface area contributed by atoms with E-state index in [0.717, 1.165) is 11.4 Å². The van der Waals surface area contributed by atoms with Crippen molar-refractivity contribution in [1.82, 2.24) is 30.0 Å². The van der Waals surface area contributed by atoms with Gasteiger partial charge < -0.3 is 4.74 Å². The zero-order valence-corrected chi connectivity index (χ0v) is 14.8. The van der Waals surface area contributed by atoms with E-state index in [1.807, 2.05) is 58.2 Å². The topological polar surface area (TPSA) is 70.7 Å². The minimum absolute atomic E-state index is 0.389. The lowest BCUT2D eigenvalue weighted by molar-refractivity contribution is 0.102. The predicted molar refractivity (Wildman–Crippen MR) is 99.6 cm³/mol. The van der Waals surface area contributed by atoms with Gasteiger partial charge in [0.2, 0.25) is 0 Å². The maximum Gasteiger partial charge on any atom is 0.108 e. The molecule has 0 spiro atoms. The van der Waals surface area contributed by atoms with E-state index in [1.165, 1.54) is 11.1 Å². The third kappa shape index (κ3) is 4.86. The van der Waals surface area contributed by atoms with Crippen molar-refractivity contribution in [3.63, 3.8) is 0 Å². The van der Waals surface area contributed by atoms with Crippen LogP contribution < -0.4 is 0 Å². The van der Waals surface area contributed by atoms with E-state index in [-0.39, 0.29) is 0 Å². The first kappa shape index (κ1) is 17.1. The van der Waals surface area contributed by atoms with Gasteiger partial charge in [-0.1, -0.05) is 71.1 Å². The van der Waals surface area contributed by atoms with E-state index >= 15 is 0 Å². The zero-order valence-electron chi connectivity index (χ0n) is 14.8. The van der Waals surface area contributed by atoms with E-state index in [0.29, 0.717) is 26.3 Å². The Morgan fingerprint density at radius 1 is 0.630 bits per heavy atom. The molecule has 4 rings (SSSR count). The summed E-state index contributed by atoms with van der Waals surface area (Å²) in [5.74, 6) is 0. The van der Waals surface area contributed by atoms with Crippen LogP contribution in [0.2, 0.25) is 0 Å². The molecule has 2 aromatic carbocycles. The fourth-order valence-corrected chi connectivity index (χ4v) is 2.77. The van der Waals surface area contributed by atoms with Crippen LogP contribution in [0.3, 0.4) is 0 Å². The predicted octanol–water partition coefficient (Wildman–Crippen LogP) is 2.68. The van der Waals surface area contributed by atoms with Crippen molar-refractivity contribution in [2.24, 2.45) is 0 Å². The van der Waals surface area contributed by atoms with Gasteiger partial charge in [-0.2, -0.15) is 0 Å². The van der Waals surface area contributed by atoms with Gasteiger partial charge >= 0.3 is 0 Å². The zero-order chi connectivity index (χ0) is 18.3. The van der Waals surface area contributed by atoms with E-state index < -0.39 is 0 Å². The number of rotatable bonds is 8. The molecule has 0 atom stereocenters. The quantitative estimate of drug-likeness (QED) is 0.483. The van der Waals surface area contributed by atoms with Crippen LogP contribution in [0.15, 0.2) is 73.1 Å². The second-order valence-corrected chi connectivity index (χ2v) is 6.28. The van der Waals surface area contributed by atoms with Gasteiger partial charge in [0.25, 0.3) is 0 Å². The Kier molecular flexibility index (Phi) is 5.31. The number of ether oxygens (including phenoxy) is 1. The maximum absolute atomic E-state index is 5.70. The summed E-state index contributed by atoms with van der Waals surface area (Å²) >= 11 is 0. The van der Waals surface area contributed by atoms with Gasteiger partial charge in [-0.3, -0.25) is 0 Å². The second-order valence-electron chi connectivity index (χ2n) is 6.28.